The Morgan fingerprint density at radius 3 is 2.39 bits per heavy atom. The summed E-state index contributed by atoms with van der Waals surface area (Å²) in [7, 11) is 0. The van der Waals surface area contributed by atoms with Crippen molar-refractivity contribution in [1.82, 2.24) is 0 Å². The van der Waals surface area contributed by atoms with Crippen molar-refractivity contribution in [3.8, 4) is 11.5 Å². The number of benzene rings is 2. The Hall–Kier alpha value is -1.46. The van der Waals surface area contributed by atoms with Crippen LogP contribution in [0.25, 0.3) is 0 Å². The van der Waals surface area contributed by atoms with Crippen LogP contribution in [0.15, 0.2) is 47.4 Å². The fraction of sp³-hybridized carbons (Fsp3) is 0.250. The van der Waals surface area contributed by atoms with Crippen LogP contribution >= 0.6 is 18.2 Å². The first kappa shape index (κ1) is 17.9. The van der Waals surface area contributed by atoms with Crippen LogP contribution in [0.3, 0.4) is 0 Å². The fourth-order valence-electron chi connectivity index (χ4n) is 2.48. The number of hydrogen-bond acceptors (Lipinski definition) is 4. The molecule has 2 rings (SSSR count). The van der Waals surface area contributed by atoms with Gasteiger partial charge in [0.05, 0.1) is 0 Å². The maximum atomic E-state index is 11.3. The minimum atomic E-state index is -4.27. The number of phenols is 2. The zero-order valence-electron chi connectivity index (χ0n) is 12.6. The molecule has 0 aliphatic heterocycles. The van der Waals surface area contributed by atoms with E-state index >= 15 is 0 Å². The molecular weight excluding hydrogens is 335 g/mol. The summed E-state index contributed by atoms with van der Waals surface area (Å²) in [4.78, 5) is 18.8. The second-order valence-electron chi connectivity index (χ2n) is 5.28. The van der Waals surface area contributed by atoms with Gasteiger partial charge in [0.2, 0.25) is 0 Å². The highest BCUT2D eigenvalue weighted by molar-refractivity contribution is 8.54. The van der Waals surface area contributed by atoms with E-state index in [0.717, 1.165) is 12.0 Å². The molecule has 0 spiro atoms. The maximum absolute atomic E-state index is 11.3. The standard InChI is InChI=1S/C16H19O5PS/c1-2-11(12-4-3-5-14(17)9-12)8-13-10-15(18)6-7-16(13)23-22(19,20)21/h3-7,9-11,17-18H,2,8H2,1H3,(H2,19,20,21). The van der Waals surface area contributed by atoms with Gasteiger partial charge in [-0.05, 0) is 71.6 Å². The largest absolute Gasteiger partial charge is 0.508 e. The van der Waals surface area contributed by atoms with Crippen molar-refractivity contribution >= 4 is 18.2 Å². The Morgan fingerprint density at radius 1 is 1.09 bits per heavy atom. The summed E-state index contributed by atoms with van der Waals surface area (Å²) in [6.45, 7) is -2.26. The molecule has 4 N–H and O–H groups in total. The number of aromatic hydroxyl groups is 2. The maximum Gasteiger partial charge on any atom is 0.388 e. The van der Waals surface area contributed by atoms with Gasteiger partial charge < -0.3 is 20.0 Å². The summed E-state index contributed by atoms with van der Waals surface area (Å²) in [5.74, 6) is 0.308. The lowest BCUT2D eigenvalue weighted by Gasteiger charge is -2.18. The Morgan fingerprint density at radius 2 is 1.78 bits per heavy atom. The van der Waals surface area contributed by atoms with Crippen LogP contribution in [-0.4, -0.2) is 20.0 Å². The second-order valence-corrected chi connectivity index (χ2v) is 8.86. The molecule has 0 radical (unpaired) electrons. The molecule has 0 aliphatic rings. The Kier molecular flexibility index (Phi) is 5.76. The van der Waals surface area contributed by atoms with Crippen molar-refractivity contribution in [2.45, 2.75) is 30.6 Å². The highest BCUT2D eigenvalue weighted by Crippen LogP contribution is 2.55. The van der Waals surface area contributed by atoms with E-state index in [-0.39, 0.29) is 17.4 Å². The van der Waals surface area contributed by atoms with Gasteiger partial charge in [0.25, 0.3) is 0 Å². The minimum absolute atomic E-state index is 0.0563. The lowest BCUT2D eigenvalue weighted by Crippen LogP contribution is -2.03. The van der Waals surface area contributed by atoms with Crippen molar-refractivity contribution in [3.63, 3.8) is 0 Å². The average Bonchev–Trinajstić information content (AvgIpc) is 2.46. The number of rotatable bonds is 6. The normalized spacial score (nSPS) is 13.0. The summed E-state index contributed by atoms with van der Waals surface area (Å²) in [6.07, 6.45) is 1.30. The molecule has 23 heavy (non-hydrogen) atoms. The van der Waals surface area contributed by atoms with E-state index in [0.29, 0.717) is 28.3 Å². The average molecular weight is 354 g/mol. The van der Waals surface area contributed by atoms with Crippen LogP contribution in [0.4, 0.5) is 0 Å². The summed E-state index contributed by atoms with van der Waals surface area (Å²) >= 11 is 0.493. The van der Waals surface area contributed by atoms with Crippen LogP contribution in [0.5, 0.6) is 11.5 Å². The van der Waals surface area contributed by atoms with Gasteiger partial charge in [-0.1, -0.05) is 19.1 Å². The molecule has 0 aromatic heterocycles. The number of phenolic OH excluding ortho intramolecular Hbond substituents is 2. The topological polar surface area (TPSA) is 98.0 Å². The lowest BCUT2D eigenvalue weighted by atomic mass is 9.89. The monoisotopic (exact) mass is 354 g/mol. The molecule has 2 aromatic carbocycles. The van der Waals surface area contributed by atoms with Crippen molar-refractivity contribution < 1.29 is 24.6 Å². The molecule has 0 aliphatic carbocycles. The van der Waals surface area contributed by atoms with E-state index in [1.54, 1.807) is 18.2 Å². The number of hydrogen-bond donors (Lipinski definition) is 4. The zero-order valence-corrected chi connectivity index (χ0v) is 14.3. The summed E-state index contributed by atoms with van der Waals surface area (Å²) in [5, 5.41) is 19.3. The van der Waals surface area contributed by atoms with Crippen molar-refractivity contribution in [2.24, 2.45) is 0 Å². The van der Waals surface area contributed by atoms with Gasteiger partial charge in [-0.3, -0.25) is 0 Å². The molecule has 0 fully saturated rings. The van der Waals surface area contributed by atoms with Crippen LogP contribution < -0.4 is 0 Å². The molecule has 2 aromatic rings. The summed E-state index contributed by atoms with van der Waals surface area (Å²) < 4.78 is 11.3. The van der Waals surface area contributed by atoms with E-state index in [2.05, 4.69) is 0 Å². The van der Waals surface area contributed by atoms with Crippen LogP contribution in [0, 0.1) is 0 Å². The van der Waals surface area contributed by atoms with Crippen LogP contribution in [0.2, 0.25) is 0 Å². The quantitative estimate of drug-likeness (QED) is 0.585. The molecule has 7 heteroatoms. The smallest absolute Gasteiger partial charge is 0.388 e. The van der Waals surface area contributed by atoms with E-state index in [9.17, 15) is 24.6 Å². The molecule has 1 atom stereocenters. The van der Waals surface area contributed by atoms with E-state index in [4.69, 9.17) is 0 Å². The van der Waals surface area contributed by atoms with Crippen LogP contribution in [0.1, 0.15) is 30.4 Å². The van der Waals surface area contributed by atoms with Crippen LogP contribution in [-0.2, 0) is 11.0 Å². The molecule has 124 valence electrons. The summed E-state index contributed by atoms with van der Waals surface area (Å²) in [5.41, 5.74) is 1.62. The molecular formula is C16H19O5PS. The van der Waals surface area contributed by atoms with E-state index < -0.39 is 6.80 Å². The second kappa shape index (κ2) is 7.41. The molecule has 0 bridgehead atoms. The van der Waals surface area contributed by atoms with Crippen molar-refractivity contribution in [1.29, 1.82) is 0 Å². The first-order chi connectivity index (χ1) is 10.8. The van der Waals surface area contributed by atoms with Crippen molar-refractivity contribution in [2.75, 3.05) is 0 Å². The predicted octanol–water partition coefficient (Wildman–Crippen LogP) is 4.02. The zero-order chi connectivity index (χ0) is 17.0. The fourth-order valence-corrected chi connectivity index (χ4v) is 4.43. The molecule has 5 nitrogen and oxygen atoms in total. The SMILES string of the molecule is CCC(Cc1cc(O)ccc1SP(=O)(O)O)c1cccc(O)c1. The Bertz CT molecular complexity index is 728. The molecule has 0 heterocycles. The van der Waals surface area contributed by atoms with Gasteiger partial charge in [-0.25, -0.2) is 4.57 Å². The van der Waals surface area contributed by atoms with Gasteiger partial charge in [0.15, 0.2) is 0 Å². The lowest BCUT2D eigenvalue weighted by molar-refractivity contribution is 0.397. The Balaban J connectivity index is 2.33. The first-order valence-corrected chi connectivity index (χ1v) is 10.2. The first-order valence-electron chi connectivity index (χ1n) is 7.14. The summed E-state index contributed by atoms with van der Waals surface area (Å²) in [6, 6.07) is 11.4. The van der Waals surface area contributed by atoms with Crippen molar-refractivity contribution in [3.05, 3.63) is 53.6 Å². The third kappa shape index (κ3) is 5.29. The van der Waals surface area contributed by atoms with E-state index in [1.807, 2.05) is 13.0 Å². The third-order valence-electron chi connectivity index (χ3n) is 3.56. The van der Waals surface area contributed by atoms with Gasteiger partial charge in [-0.2, -0.15) is 0 Å². The molecule has 0 saturated heterocycles. The Labute approximate surface area is 138 Å². The predicted molar refractivity (Wildman–Crippen MR) is 90.9 cm³/mol. The van der Waals surface area contributed by atoms with E-state index in [1.165, 1.54) is 18.2 Å². The van der Waals surface area contributed by atoms with Gasteiger partial charge in [-0.15, -0.1) is 0 Å². The molecule has 1 unspecified atom stereocenters. The highest BCUT2D eigenvalue weighted by atomic mass is 32.7. The van der Waals surface area contributed by atoms with Gasteiger partial charge >= 0.3 is 6.80 Å². The minimum Gasteiger partial charge on any atom is -0.508 e. The molecule has 0 amide bonds. The highest BCUT2D eigenvalue weighted by Gasteiger charge is 2.20. The third-order valence-corrected chi connectivity index (χ3v) is 5.70. The van der Waals surface area contributed by atoms with Gasteiger partial charge in [0.1, 0.15) is 11.5 Å². The van der Waals surface area contributed by atoms with Gasteiger partial charge in [0, 0.05) is 4.90 Å². The molecule has 0 saturated carbocycles.